The number of esters is 3. The molecular formula is C52H72O7. The number of benzene rings is 3. The molecule has 0 aliphatic carbocycles. The van der Waals surface area contributed by atoms with Crippen molar-refractivity contribution in [2.75, 3.05) is 0 Å². The van der Waals surface area contributed by atoms with E-state index >= 15 is 0 Å². The number of ether oxygens (including phenoxy) is 4. The van der Waals surface area contributed by atoms with Gasteiger partial charge in [-0.3, -0.25) is 9.59 Å². The summed E-state index contributed by atoms with van der Waals surface area (Å²) in [6.45, 7) is 4.52. The molecule has 0 bridgehead atoms. The van der Waals surface area contributed by atoms with Crippen molar-refractivity contribution in [1.82, 2.24) is 0 Å². The van der Waals surface area contributed by atoms with Crippen LogP contribution in [0, 0.1) is 0 Å². The summed E-state index contributed by atoms with van der Waals surface area (Å²) in [6, 6.07) is 17.8. The minimum atomic E-state index is -1.27. The fourth-order valence-electron chi connectivity index (χ4n) is 8.70. The smallest absolute Gasteiger partial charge is 0.340 e. The maximum Gasteiger partial charge on any atom is 0.340 e. The molecule has 5 rings (SSSR count). The molecule has 2 aliphatic rings. The summed E-state index contributed by atoms with van der Waals surface area (Å²) >= 11 is 0. The molecule has 0 fully saturated rings. The lowest BCUT2D eigenvalue weighted by molar-refractivity contribution is -0.135. The predicted octanol–water partition coefficient (Wildman–Crippen LogP) is 15.0. The van der Waals surface area contributed by atoms with E-state index in [9.17, 15) is 14.4 Å². The van der Waals surface area contributed by atoms with Gasteiger partial charge >= 0.3 is 17.9 Å². The van der Waals surface area contributed by atoms with Gasteiger partial charge in [-0.2, -0.15) is 0 Å². The van der Waals surface area contributed by atoms with Gasteiger partial charge in [0.15, 0.2) is 5.60 Å². The van der Waals surface area contributed by atoms with Crippen molar-refractivity contribution in [3.05, 3.63) is 82.9 Å². The van der Waals surface area contributed by atoms with Crippen LogP contribution < -0.4 is 14.2 Å². The van der Waals surface area contributed by atoms with Gasteiger partial charge in [0.1, 0.15) is 23.0 Å². The van der Waals surface area contributed by atoms with E-state index in [1.807, 2.05) is 30.3 Å². The third kappa shape index (κ3) is 14.0. The summed E-state index contributed by atoms with van der Waals surface area (Å²) in [6.07, 6.45) is 33.1. The van der Waals surface area contributed by atoms with Crippen molar-refractivity contribution in [2.45, 2.75) is 199 Å². The van der Waals surface area contributed by atoms with Crippen LogP contribution in [0.25, 0.3) is 0 Å². The highest BCUT2D eigenvalue weighted by molar-refractivity contribution is 5.97. The van der Waals surface area contributed by atoms with Gasteiger partial charge in [0.05, 0.1) is 5.56 Å². The summed E-state index contributed by atoms with van der Waals surface area (Å²) in [5.41, 5.74) is 1.17. The van der Waals surface area contributed by atoms with E-state index in [4.69, 9.17) is 18.9 Å². The van der Waals surface area contributed by atoms with Crippen LogP contribution >= 0.6 is 0 Å². The molecule has 3 aromatic carbocycles. The molecule has 59 heavy (non-hydrogen) atoms. The second-order valence-electron chi connectivity index (χ2n) is 17.0. The quantitative estimate of drug-likeness (QED) is 0.0376. The average Bonchev–Trinajstić information content (AvgIpc) is 3.53. The number of rotatable bonds is 30. The van der Waals surface area contributed by atoms with Crippen LogP contribution in [-0.2, 0) is 19.9 Å². The second-order valence-corrected chi connectivity index (χ2v) is 17.0. The van der Waals surface area contributed by atoms with Crippen LogP contribution in [0.3, 0.4) is 0 Å². The maximum absolute atomic E-state index is 13.3. The Morgan fingerprint density at radius 2 is 0.847 bits per heavy atom. The van der Waals surface area contributed by atoms with E-state index in [-0.39, 0.29) is 11.9 Å². The first-order valence-corrected chi connectivity index (χ1v) is 23.7. The molecule has 3 aromatic rings. The van der Waals surface area contributed by atoms with Gasteiger partial charge in [-0.25, -0.2) is 4.79 Å². The third-order valence-corrected chi connectivity index (χ3v) is 12.1. The minimum Gasteiger partial charge on any atom is -0.456 e. The van der Waals surface area contributed by atoms with Crippen LogP contribution in [-0.4, -0.2) is 17.9 Å². The molecule has 0 N–H and O–H groups in total. The third-order valence-electron chi connectivity index (χ3n) is 12.1. The largest absolute Gasteiger partial charge is 0.456 e. The van der Waals surface area contributed by atoms with Gasteiger partial charge in [-0.05, 0) is 43.2 Å². The lowest BCUT2D eigenvalue weighted by Crippen LogP contribution is -2.33. The number of hydrogen-bond acceptors (Lipinski definition) is 7. The highest BCUT2D eigenvalue weighted by atomic mass is 16.6. The molecule has 0 atom stereocenters. The van der Waals surface area contributed by atoms with Crippen LogP contribution in [0.1, 0.15) is 221 Å². The van der Waals surface area contributed by atoms with Gasteiger partial charge in [0.25, 0.3) is 0 Å². The predicted molar refractivity (Wildman–Crippen MR) is 237 cm³/mol. The van der Waals surface area contributed by atoms with Gasteiger partial charge in [-0.1, -0.05) is 186 Å². The topological polar surface area (TPSA) is 88.1 Å². The molecular weight excluding hydrogens is 737 g/mol. The molecule has 2 aliphatic heterocycles. The van der Waals surface area contributed by atoms with E-state index in [2.05, 4.69) is 13.8 Å². The fraction of sp³-hybridized carbons (Fsp3) is 0.596. The molecule has 7 nitrogen and oxygen atoms in total. The fourth-order valence-corrected chi connectivity index (χ4v) is 8.70. The highest BCUT2D eigenvalue weighted by Crippen LogP contribution is 2.57. The Labute approximate surface area is 355 Å². The van der Waals surface area contributed by atoms with Gasteiger partial charge in [0, 0.05) is 41.7 Å². The second kappa shape index (κ2) is 25.5. The normalized spacial score (nSPS) is 13.4. The first-order valence-electron chi connectivity index (χ1n) is 23.7. The molecule has 0 amide bonds. The minimum absolute atomic E-state index is 0.283. The van der Waals surface area contributed by atoms with Crippen molar-refractivity contribution in [3.63, 3.8) is 0 Å². The van der Waals surface area contributed by atoms with E-state index in [0.717, 1.165) is 38.5 Å². The van der Waals surface area contributed by atoms with Crippen LogP contribution in [0.15, 0.2) is 60.7 Å². The van der Waals surface area contributed by atoms with Crippen molar-refractivity contribution in [3.8, 4) is 23.0 Å². The zero-order valence-electron chi connectivity index (χ0n) is 36.4. The Hall–Kier alpha value is -4.13. The molecule has 1 spiro atoms. The molecule has 0 radical (unpaired) electrons. The van der Waals surface area contributed by atoms with E-state index in [0.29, 0.717) is 58.1 Å². The molecule has 0 unspecified atom stereocenters. The van der Waals surface area contributed by atoms with Crippen molar-refractivity contribution in [1.29, 1.82) is 0 Å². The van der Waals surface area contributed by atoms with Gasteiger partial charge < -0.3 is 18.9 Å². The molecule has 322 valence electrons. The molecule has 0 saturated carbocycles. The summed E-state index contributed by atoms with van der Waals surface area (Å²) < 4.78 is 24.3. The first-order chi connectivity index (χ1) is 29.0. The Morgan fingerprint density at radius 1 is 0.475 bits per heavy atom. The average molecular weight is 809 g/mol. The Balaban J connectivity index is 1.10. The van der Waals surface area contributed by atoms with E-state index < -0.39 is 11.6 Å². The van der Waals surface area contributed by atoms with Crippen LogP contribution in [0.5, 0.6) is 23.0 Å². The SMILES string of the molecule is CCCCCCCCCCCCCCCC(=O)Oc1ccc2c(c1)Oc1cc(OC(=O)CCCCCCCCCCCCCCC)ccc1C21OC(=O)c2ccccc21. The Morgan fingerprint density at radius 3 is 1.25 bits per heavy atom. The lowest BCUT2D eigenvalue weighted by atomic mass is 9.77. The summed E-state index contributed by atoms with van der Waals surface area (Å²) in [5, 5.41) is 0. The highest BCUT2D eigenvalue weighted by Gasteiger charge is 2.53. The van der Waals surface area contributed by atoms with Gasteiger partial charge in [-0.15, -0.1) is 0 Å². The van der Waals surface area contributed by atoms with E-state index in [1.165, 1.54) is 128 Å². The number of hydrogen-bond donors (Lipinski definition) is 0. The number of carbonyl (C=O) groups is 3. The van der Waals surface area contributed by atoms with E-state index in [1.54, 1.807) is 30.3 Å². The summed E-state index contributed by atoms with van der Waals surface area (Å²) in [5.74, 6) is 0.539. The zero-order chi connectivity index (χ0) is 41.5. The standard InChI is InChI=1S/C52H72O7/c1-3-5-7-9-11-13-15-17-19-21-23-25-27-33-49(53)56-41-35-37-45-47(39-41)58-48-40-42(36-38-46(48)52(45)44-32-30-29-31-43(44)51(55)59-52)57-50(54)34-28-26-24-22-20-18-16-14-12-10-8-6-4-2/h29-32,35-40H,3-28,33-34H2,1-2H3. The van der Waals surface area contributed by atoms with Crippen molar-refractivity contribution in [2.24, 2.45) is 0 Å². The van der Waals surface area contributed by atoms with Crippen molar-refractivity contribution >= 4 is 17.9 Å². The van der Waals surface area contributed by atoms with Crippen LogP contribution in [0.2, 0.25) is 0 Å². The first kappa shape index (κ1) is 45.9. The van der Waals surface area contributed by atoms with Gasteiger partial charge in [0.2, 0.25) is 0 Å². The molecule has 0 aromatic heterocycles. The number of fused-ring (bicyclic) bond motifs is 6. The number of carbonyl (C=O) groups excluding carboxylic acids is 3. The molecule has 2 heterocycles. The Kier molecular flexibility index (Phi) is 19.8. The zero-order valence-corrected chi connectivity index (χ0v) is 36.4. The van der Waals surface area contributed by atoms with Crippen LogP contribution in [0.4, 0.5) is 0 Å². The molecule has 0 saturated heterocycles. The van der Waals surface area contributed by atoms with Crippen molar-refractivity contribution < 1.29 is 33.3 Å². The molecule has 7 heteroatoms. The number of unbranched alkanes of at least 4 members (excludes halogenated alkanes) is 24. The monoisotopic (exact) mass is 809 g/mol. The lowest BCUT2D eigenvalue weighted by Gasteiger charge is -2.36. The Bertz CT molecular complexity index is 1650. The summed E-state index contributed by atoms with van der Waals surface area (Å²) in [4.78, 5) is 39.1. The maximum atomic E-state index is 13.3. The summed E-state index contributed by atoms with van der Waals surface area (Å²) in [7, 11) is 0.